The number of nitrogens with zero attached hydrogens (tertiary/aromatic N) is 2. The second-order valence-electron chi connectivity index (χ2n) is 5.54. The van der Waals surface area contributed by atoms with Gasteiger partial charge in [-0.15, -0.1) is 24.0 Å². The Morgan fingerprint density at radius 2 is 2.00 bits per heavy atom. The van der Waals surface area contributed by atoms with Gasteiger partial charge in [0.15, 0.2) is 5.96 Å². The quantitative estimate of drug-likeness (QED) is 0.372. The van der Waals surface area contributed by atoms with Gasteiger partial charge in [0.25, 0.3) is 0 Å². The fourth-order valence-electron chi connectivity index (χ4n) is 2.89. The maximum absolute atomic E-state index is 4.35. The predicted octanol–water partition coefficient (Wildman–Crippen LogP) is 2.78. The van der Waals surface area contributed by atoms with Crippen LogP contribution in [0.3, 0.4) is 0 Å². The molecular formula is C15H33IN4S. The summed E-state index contributed by atoms with van der Waals surface area (Å²) in [5.74, 6) is 0.954. The molecule has 1 rings (SSSR count). The van der Waals surface area contributed by atoms with Crippen molar-refractivity contribution in [2.45, 2.75) is 57.4 Å². The first-order valence-electron chi connectivity index (χ1n) is 7.88. The molecule has 0 bridgehead atoms. The summed E-state index contributed by atoms with van der Waals surface area (Å²) in [4.78, 5) is 6.81. The molecule has 0 spiro atoms. The molecule has 1 fully saturated rings. The standard InChI is InChI=1S/C15H32N4S.HI/c1-6-19(7-2)12(3)11-17-15(16-4)18-13-8-9-14(10-13)20-5;/h12-14H,6-11H2,1-5H3,(H2,16,17,18);1H. The van der Waals surface area contributed by atoms with Crippen molar-refractivity contribution in [3.05, 3.63) is 0 Å². The van der Waals surface area contributed by atoms with E-state index in [4.69, 9.17) is 0 Å². The molecular weight excluding hydrogens is 395 g/mol. The van der Waals surface area contributed by atoms with E-state index in [1.807, 2.05) is 18.8 Å². The lowest BCUT2D eigenvalue weighted by Crippen LogP contribution is -2.48. The Morgan fingerprint density at radius 3 is 2.48 bits per heavy atom. The number of thioether (sulfide) groups is 1. The van der Waals surface area contributed by atoms with Gasteiger partial charge in [0, 0.05) is 30.9 Å². The van der Waals surface area contributed by atoms with Crippen molar-refractivity contribution >= 4 is 41.7 Å². The average Bonchev–Trinajstić information content (AvgIpc) is 2.92. The summed E-state index contributed by atoms with van der Waals surface area (Å²) in [6, 6.07) is 1.12. The second kappa shape index (κ2) is 11.8. The lowest BCUT2D eigenvalue weighted by atomic mass is 10.2. The molecule has 0 amide bonds. The van der Waals surface area contributed by atoms with Crippen molar-refractivity contribution in [3.8, 4) is 0 Å². The minimum Gasteiger partial charge on any atom is -0.355 e. The van der Waals surface area contributed by atoms with E-state index in [0.29, 0.717) is 12.1 Å². The molecule has 21 heavy (non-hydrogen) atoms. The SMILES string of the molecule is CCN(CC)C(C)CNC(=NC)NC1CCC(SC)C1.I. The number of hydrogen-bond donors (Lipinski definition) is 2. The molecule has 1 aliphatic carbocycles. The predicted molar refractivity (Wildman–Crippen MR) is 107 cm³/mol. The molecule has 0 aromatic heterocycles. The van der Waals surface area contributed by atoms with Crippen LogP contribution in [0, 0.1) is 0 Å². The highest BCUT2D eigenvalue weighted by Gasteiger charge is 2.24. The number of halogens is 1. The number of nitrogens with one attached hydrogen (secondary N) is 2. The largest absolute Gasteiger partial charge is 0.355 e. The summed E-state index contributed by atoms with van der Waals surface area (Å²) in [5.41, 5.74) is 0. The van der Waals surface area contributed by atoms with Crippen molar-refractivity contribution in [1.82, 2.24) is 15.5 Å². The van der Waals surface area contributed by atoms with Crippen LogP contribution in [0.15, 0.2) is 4.99 Å². The average molecular weight is 428 g/mol. The van der Waals surface area contributed by atoms with Gasteiger partial charge in [-0.25, -0.2) is 0 Å². The lowest BCUT2D eigenvalue weighted by molar-refractivity contribution is 0.231. The number of likely N-dealkylation sites (N-methyl/N-ethyl adjacent to an activating group) is 1. The zero-order valence-electron chi connectivity index (χ0n) is 14.2. The van der Waals surface area contributed by atoms with Crippen LogP contribution in [-0.2, 0) is 0 Å². The molecule has 126 valence electrons. The van der Waals surface area contributed by atoms with Crippen molar-refractivity contribution < 1.29 is 0 Å². The highest BCUT2D eigenvalue weighted by Crippen LogP contribution is 2.27. The van der Waals surface area contributed by atoms with Gasteiger partial charge < -0.3 is 10.6 Å². The number of rotatable bonds is 7. The first kappa shape index (κ1) is 21.3. The van der Waals surface area contributed by atoms with Crippen molar-refractivity contribution in [2.75, 3.05) is 32.9 Å². The van der Waals surface area contributed by atoms with Crippen LogP contribution >= 0.6 is 35.7 Å². The van der Waals surface area contributed by atoms with E-state index in [1.54, 1.807) is 0 Å². The Kier molecular flexibility index (Phi) is 12.0. The van der Waals surface area contributed by atoms with E-state index in [0.717, 1.165) is 30.8 Å². The van der Waals surface area contributed by atoms with Crippen molar-refractivity contribution in [1.29, 1.82) is 0 Å². The Hall–Kier alpha value is 0.310. The smallest absolute Gasteiger partial charge is 0.191 e. The summed E-state index contributed by atoms with van der Waals surface area (Å²) in [6.45, 7) is 9.85. The van der Waals surface area contributed by atoms with Crippen LogP contribution in [0.25, 0.3) is 0 Å². The third kappa shape index (κ3) is 7.41. The van der Waals surface area contributed by atoms with Gasteiger partial charge in [0.2, 0.25) is 0 Å². The lowest BCUT2D eigenvalue weighted by Gasteiger charge is -2.27. The summed E-state index contributed by atoms with van der Waals surface area (Å²) >= 11 is 1.99. The molecule has 0 aromatic carbocycles. The van der Waals surface area contributed by atoms with E-state index < -0.39 is 0 Å². The fraction of sp³-hybridized carbons (Fsp3) is 0.933. The summed E-state index contributed by atoms with van der Waals surface area (Å²) in [7, 11) is 1.86. The third-order valence-electron chi connectivity index (χ3n) is 4.28. The number of hydrogen-bond acceptors (Lipinski definition) is 3. The van der Waals surface area contributed by atoms with E-state index in [9.17, 15) is 0 Å². The summed E-state index contributed by atoms with van der Waals surface area (Å²) < 4.78 is 0. The number of guanidine groups is 1. The maximum Gasteiger partial charge on any atom is 0.191 e. The molecule has 3 unspecified atom stereocenters. The monoisotopic (exact) mass is 428 g/mol. The highest BCUT2D eigenvalue weighted by molar-refractivity contribution is 14.0. The summed E-state index contributed by atoms with van der Waals surface area (Å²) in [5, 5.41) is 7.86. The molecule has 0 radical (unpaired) electrons. The Labute approximate surface area is 152 Å². The third-order valence-corrected chi connectivity index (χ3v) is 5.38. The molecule has 1 saturated carbocycles. The molecule has 0 saturated heterocycles. The van der Waals surface area contributed by atoms with Gasteiger partial charge >= 0.3 is 0 Å². The van der Waals surface area contributed by atoms with Crippen LogP contribution in [0.5, 0.6) is 0 Å². The minimum absolute atomic E-state index is 0. The molecule has 6 heteroatoms. The van der Waals surface area contributed by atoms with E-state index in [-0.39, 0.29) is 24.0 Å². The van der Waals surface area contributed by atoms with Crippen LogP contribution in [-0.4, -0.2) is 61.1 Å². The van der Waals surface area contributed by atoms with Crippen molar-refractivity contribution in [3.63, 3.8) is 0 Å². The van der Waals surface area contributed by atoms with Crippen LogP contribution < -0.4 is 10.6 Å². The molecule has 0 heterocycles. The maximum atomic E-state index is 4.35. The molecule has 4 nitrogen and oxygen atoms in total. The van der Waals surface area contributed by atoms with Crippen LogP contribution in [0.1, 0.15) is 40.0 Å². The molecule has 2 N–H and O–H groups in total. The zero-order valence-corrected chi connectivity index (χ0v) is 17.3. The molecule has 3 atom stereocenters. The Bertz CT molecular complexity index is 297. The van der Waals surface area contributed by atoms with Crippen molar-refractivity contribution in [2.24, 2.45) is 4.99 Å². The van der Waals surface area contributed by atoms with Gasteiger partial charge in [-0.3, -0.25) is 9.89 Å². The Balaban J connectivity index is 0.00000400. The second-order valence-corrected chi connectivity index (χ2v) is 6.67. The minimum atomic E-state index is 0. The highest BCUT2D eigenvalue weighted by atomic mass is 127. The Morgan fingerprint density at radius 1 is 1.33 bits per heavy atom. The topological polar surface area (TPSA) is 39.7 Å². The van der Waals surface area contributed by atoms with Gasteiger partial charge in [-0.2, -0.15) is 11.8 Å². The molecule has 0 aromatic rings. The summed E-state index contributed by atoms with van der Waals surface area (Å²) in [6.07, 6.45) is 6.06. The first-order valence-corrected chi connectivity index (χ1v) is 9.17. The number of aliphatic imine (C=N–C) groups is 1. The molecule has 0 aliphatic heterocycles. The van der Waals surface area contributed by atoms with Gasteiger partial charge in [0.1, 0.15) is 0 Å². The van der Waals surface area contributed by atoms with Crippen LogP contribution in [0.2, 0.25) is 0 Å². The van der Waals surface area contributed by atoms with E-state index in [1.165, 1.54) is 19.3 Å². The zero-order chi connectivity index (χ0) is 15.0. The van der Waals surface area contributed by atoms with E-state index in [2.05, 4.69) is 47.6 Å². The normalized spacial score (nSPS) is 23.8. The molecule has 1 aliphatic rings. The van der Waals surface area contributed by atoms with E-state index >= 15 is 0 Å². The van der Waals surface area contributed by atoms with Gasteiger partial charge in [-0.1, -0.05) is 13.8 Å². The van der Waals surface area contributed by atoms with Gasteiger partial charge in [0.05, 0.1) is 0 Å². The first-order chi connectivity index (χ1) is 9.64. The van der Waals surface area contributed by atoms with Gasteiger partial charge in [-0.05, 0) is 45.5 Å². The van der Waals surface area contributed by atoms with Crippen LogP contribution in [0.4, 0.5) is 0 Å². The fourth-order valence-corrected chi connectivity index (χ4v) is 3.69.